The van der Waals surface area contributed by atoms with Gasteiger partial charge in [0.15, 0.2) is 0 Å². The van der Waals surface area contributed by atoms with Crippen molar-refractivity contribution < 1.29 is 33.8 Å². The highest BCUT2D eigenvalue weighted by molar-refractivity contribution is 7.98. The van der Waals surface area contributed by atoms with Crippen LogP contribution in [0.15, 0.2) is 54.6 Å². The van der Waals surface area contributed by atoms with Crippen molar-refractivity contribution in [1.82, 2.24) is 15.5 Å². The maximum absolute atomic E-state index is 14.5. The molecule has 0 aromatic heterocycles. The minimum absolute atomic E-state index is 0.142. The number of carbonyl (C=O) groups excluding carboxylic acids is 4. The Balaban J connectivity index is 2.63. The smallest absolute Gasteiger partial charge is 0.408 e. The van der Waals surface area contributed by atoms with Crippen molar-refractivity contribution in [3.8, 4) is 5.75 Å². The zero-order valence-corrected chi connectivity index (χ0v) is 29.4. The molecule has 11 heteroatoms. The van der Waals surface area contributed by atoms with Crippen LogP contribution in [-0.4, -0.2) is 75.2 Å². The highest BCUT2D eigenvalue weighted by atomic mass is 32.2. The number of ether oxygens (including phenoxy) is 2. The minimum atomic E-state index is -1.35. The maximum atomic E-state index is 14.5. The van der Waals surface area contributed by atoms with E-state index in [0.717, 1.165) is 5.56 Å². The van der Waals surface area contributed by atoms with Crippen LogP contribution in [-0.2, 0) is 30.3 Å². The van der Waals surface area contributed by atoms with Crippen molar-refractivity contribution in [2.24, 2.45) is 0 Å². The Morgan fingerprint density at radius 2 is 1.46 bits per heavy atom. The number of hydrogen-bond acceptors (Lipinski definition) is 8. The largest absolute Gasteiger partial charge is 0.508 e. The van der Waals surface area contributed by atoms with Crippen LogP contribution in [0.5, 0.6) is 5.75 Å². The highest BCUT2D eigenvalue weighted by Gasteiger charge is 2.41. The summed E-state index contributed by atoms with van der Waals surface area (Å²) in [6, 6.07) is 11.5. The first-order valence-electron chi connectivity index (χ1n) is 15.6. The second-order valence-corrected chi connectivity index (χ2v) is 14.2. The monoisotopic (exact) mass is 657 g/mol. The van der Waals surface area contributed by atoms with Gasteiger partial charge in [0, 0.05) is 18.0 Å². The Morgan fingerprint density at radius 3 is 2.00 bits per heavy atom. The number of rotatable bonds is 14. The SMILES string of the molecule is CCC(C)N(C(=O)C(CCSC)NC(=O)OC(C)(C)C)C(C(=O)NC(Cc1ccccc1)C(=O)OC(C)(C)C)c1ccccc1O. The van der Waals surface area contributed by atoms with Gasteiger partial charge in [0.2, 0.25) is 11.8 Å². The molecule has 4 atom stereocenters. The van der Waals surface area contributed by atoms with Gasteiger partial charge in [-0.05, 0) is 84.9 Å². The molecular weight excluding hydrogens is 606 g/mol. The van der Waals surface area contributed by atoms with E-state index in [-0.39, 0.29) is 24.2 Å². The Kier molecular flexibility index (Phi) is 14.4. The Hall–Kier alpha value is -3.73. The van der Waals surface area contributed by atoms with E-state index in [2.05, 4.69) is 10.6 Å². The van der Waals surface area contributed by atoms with E-state index in [1.807, 2.05) is 43.5 Å². The molecule has 46 heavy (non-hydrogen) atoms. The summed E-state index contributed by atoms with van der Waals surface area (Å²) in [6.45, 7) is 14.1. The molecule has 0 saturated heterocycles. The Morgan fingerprint density at radius 1 is 0.870 bits per heavy atom. The van der Waals surface area contributed by atoms with Crippen molar-refractivity contribution in [3.63, 3.8) is 0 Å². The molecule has 10 nitrogen and oxygen atoms in total. The first-order valence-corrected chi connectivity index (χ1v) is 17.0. The summed E-state index contributed by atoms with van der Waals surface area (Å²) in [4.78, 5) is 56.6. The normalized spacial score (nSPS) is 14.3. The summed E-state index contributed by atoms with van der Waals surface area (Å²) < 4.78 is 11.1. The summed E-state index contributed by atoms with van der Waals surface area (Å²) in [5.41, 5.74) is -0.630. The number of alkyl carbamates (subject to hydrolysis) is 1. The summed E-state index contributed by atoms with van der Waals surface area (Å²) >= 11 is 1.51. The predicted molar refractivity (Wildman–Crippen MR) is 182 cm³/mol. The molecular formula is C35H51N3O7S. The number of phenolic OH excluding ortho intramolecular Hbond substituents is 1. The zero-order chi connectivity index (χ0) is 34.7. The summed E-state index contributed by atoms with van der Waals surface area (Å²) in [6.07, 6.45) is 2.01. The second-order valence-electron chi connectivity index (χ2n) is 13.2. The Bertz CT molecular complexity index is 1310. The van der Waals surface area contributed by atoms with Gasteiger partial charge >= 0.3 is 12.1 Å². The lowest BCUT2D eigenvalue weighted by Gasteiger charge is -2.39. The molecule has 0 bridgehead atoms. The van der Waals surface area contributed by atoms with Crippen LogP contribution in [0.25, 0.3) is 0 Å². The quantitative estimate of drug-likeness (QED) is 0.218. The number of nitrogens with zero attached hydrogens (tertiary/aromatic N) is 1. The molecule has 2 rings (SSSR count). The predicted octanol–water partition coefficient (Wildman–Crippen LogP) is 5.78. The van der Waals surface area contributed by atoms with Gasteiger partial charge in [-0.25, -0.2) is 9.59 Å². The lowest BCUT2D eigenvalue weighted by molar-refractivity contribution is -0.159. The van der Waals surface area contributed by atoms with Crippen LogP contribution in [0.1, 0.15) is 85.4 Å². The van der Waals surface area contributed by atoms with Crippen molar-refractivity contribution in [3.05, 3.63) is 65.7 Å². The van der Waals surface area contributed by atoms with E-state index < -0.39 is 59.2 Å². The van der Waals surface area contributed by atoms with E-state index in [9.17, 15) is 24.3 Å². The second kappa shape index (κ2) is 17.3. The molecule has 0 aliphatic heterocycles. The van der Waals surface area contributed by atoms with E-state index in [1.54, 1.807) is 66.7 Å². The lowest BCUT2D eigenvalue weighted by atomic mass is 9.97. The molecule has 2 aromatic carbocycles. The van der Waals surface area contributed by atoms with Gasteiger partial charge < -0.3 is 30.1 Å². The van der Waals surface area contributed by atoms with Crippen LogP contribution >= 0.6 is 11.8 Å². The Labute approximate surface area is 278 Å². The molecule has 3 N–H and O–H groups in total. The molecule has 0 saturated carbocycles. The third kappa shape index (κ3) is 12.2. The van der Waals surface area contributed by atoms with Crippen molar-refractivity contribution in [2.75, 3.05) is 12.0 Å². The lowest BCUT2D eigenvalue weighted by Crippen LogP contribution is -2.57. The number of thioether (sulfide) groups is 1. The van der Waals surface area contributed by atoms with Gasteiger partial charge in [0.1, 0.15) is 35.1 Å². The molecule has 0 spiro atoms. The fourth-order valence-corrected chi connectivity index (χ4v) is 5.19. The highest BCUT2D eigenvalue weighted by Crippen LogP contribution is 2.32. The first kappa shape index (κ1) is 38.5. The average Bonchev–Trinajstić information content (AvgIpc) is 2.96. The number of aromatic hydroxyl groups is 1. The van der Waals surface area contributed by atoms with E-state index in [0.29, 0.717) is 12.2 Å². The number of amides is 3. The van der Waals surface area contributed by atoms with Gasteiger partial charge in [-0.3, -0.25) is 9.59 Å². The number of para-hydroxylation sites is 1. The molecule has 0 aliphatic carbocycles. The fourth-order valence-electron chi connectivity index (χ4n) is 4.72. The van der Waals surface area contributed by atoms with Gasteiger partial charge in [-0.15, -0.1) is 0 Å². The topological polar surface area (TPSA) is 134 Å². The number of nitrogens with one attached hydrogen (secondary N) is 2. The first-order chi connectivity index (χ1) is 21.5. The summed E-state index contributed by atoms with van der Waals surface area (Å²) in [7, 11) is 0. The van der Waals surface area contributed by atoms with E-state index in [1.165, 1.54) is 22.7 Å². The van der Waals surface area contributed by atoms with Gasteiger partial charge in [0.05, 0.1) is 0 Å². The van der Waals surface area contributed by atoms with Crippen LogP contribution in [0.3, 0.4) is 0 Å². The zero-order valence-electron chi connectivity index (χ0n) is 28.6. The van der Waals surface area contributed by atoms with Crippen molar-refractivity contribution in [2.45, 2.75) is 110 Å². The van der Waals surface area contributed by atoms with Gasteiger partial charge in [0.25, 0.3) is 0 Å². The summed E-state index contributed by atoms with van der Waals surface area (Å²) in [5, 5.41) is 16.6. The number of benzene rings is 2. The van der Waals surface area contributed by atoms with Gasteiger partial charge in [-0.2, -0.15) is 11.8 Å². The summed E-state index contributed by atoms with van der Waals surface area (Å²) in [5.74, 6) is -1.48. The molecule has 0 fully saturated rings. The molecule has 254 valence electrons. The molecule has 2 aromatic rings. The third-order valence-electron chi connectivity index (χ3n) is 6.97. The molecule has 0 radical (unpaired) electrons. The number of hydrogen-bond donors (Lipinski definition) is 3. The van der Waals surface area contributed by atoms with Gasteiger partial charge in [-0.1, -0.05) is 55.5 Å². The van der Waals surface area contributed by atoms with E-state index >= 15 is 0 Å². The van der Waals surface area contributed by atoms with Crippen LogP contribution in [0, 0.1) is 0 Å². The minimum Gasteiger partial charge on any atom is -0.508 e. The molecule has 0 aliphatic rings. The molecule has 0 heterocycles. The number of carbonyl (C=O) groups is 4. The number of phenols is 1. The average molecular weight is 658 g/mol. The molecule has 4 unspecified atom stereocenters. The molecule has 3 amide bonds. The van der Waals surface area contributed by atoms with Crippen LogP contribution in [0.4, 0.5) is 4.79 Å². The van der Waals surface area contributed by atoms with Crippen LogP contribution in [0.2, 0.25) is 0 Å². The van der Waals surface area contributed by atoms with Crippen molar-refractivity contribution in [1.29, 1.82) is 0 Å². The van der Waals surface area contributed by atoms with E-state index in [4.69, 9.17) is 9.47 Å². The maximum Gasteiger partial charge on any atom is 0.408 e. The third-order valence-corrected chi connectivity index (χ3v) is 7.61. The number of esters is 1. The standard InChI is InChI=1S/C35H51N3O7S/c1-10-23(2)38(31(41)26(20-21-46-9)37-33(43)45-35(6,7)8)29(25-18-14-15-19-28(25)39)30(40)36-27(32(42)44-34(3,4)5)22-24-16-12-11-13-17-24/h11-19,23,26-27,29,39H,10,20-22H2,1-9H3,(H,36,40)(H,37,43). The van der Waals surface area contributed by atoms with Crippen molar-refractivity contribution >= 4 is 35.6 Å². The van der Waals surface area contributed by atoms with Crippen LogP contribution < -0.4 is 10.6 Å². The fraction of sp³-hybridized carbons (Fsp3) is 0.543.